The van der Waals surface area contributed by atoms with Gasteiger partial charge < -0.3 is 10.1 Å². The smallest absolute Gasteiger partial charge is 0.135 e. The maximum atomic E-state index is 5.28. The number of benzene rings is 1. The van der Waals surface area contributed by atoms with Crippen LogP contribution >= 0.6 is 15.9 Å². The third-order valence-corrected chi connectivity index (χ3v) is 3.63. The highest BCUT2D eigenvalue weighted by molar-refractivity contribution is 9.10. The van der Waals surface area contributed by atoms with Crippen LogP contribution in [0.15, 0.2) is 35.1 Å². The fraction of sp³-hybridized carbons (Fsp3) is 0.400. The molecule has 2 aromatic rings. The summed E-state index contributed by atoms with van der Waals surface area (Å²) in [5, 5.41) is 7.77. The molecule has 0 bridgehead atoms. The van der Waals surface area contributed by atoms with Crippen LogP contribution < -0.4 is 10.1 Å². The van der Waals surface area contributed by atoms with E-state index in [0.717, 1.165) is 28.0 Å². The fourth-order valence-electron chi connectivity index (χ4n) is 1.79. The Morgan fingerprint density at radius 2 is 2.10 bits per heavy atom. The van der Waals surface area contributed by atoms with Gasteiger partial charge in [-0.15, -0.1) is 0 Å². The van der Waals surface area contributed by atoms with E-state index in [9.17, 15) is 0 Å². The lowest BCUT2D eigenvalue weighted by Gasteiger charge is -2.18. The number of aromatic nitrogens is 2. The van der Waals surface area contributed by atoms with E-state index in [0.29, 0.717) is 0 Å². The number of rotatable bonds is 4. The molecule has 0 aliphatic heterocycles. The van der Waals surface area contributed by atoms with Crippen LogP contribution in [0.25, 0.3) is 0 Å². The highest BCUT2D eigenvalue weighted by Gasteiger charge is 2.13. The summed E-state index contributed by atoms with van der Waals surface area (Å²) in [6.07, 6.45) is 3.97. The predicted octanol–water partition coefficient (Wildman–Crippen LogP) is 4.02. The molecule has 1 aromatic carbocycles. The van der Waals surface area contributed by atoms with E-state index in [-0.39, 0.29) is 5.54 Å². The first-order valence-corrected chi connectivity index (χ1v) is 7.31. The maximum Gasteiger partial charge on any atom is 0.135 e. The Morgan fingerprint density at radius 3 is 2.70 bits per heavy atom. The number of hydrogen-bond acceptors (Lipinski definition) is 3. The van der Waals surface area contributed by atoms with Crippen LogP contribution in [0.1, 0.15) is 26.3 Å². The molecular weight excluding hydrogens is 318 g/mol. The van der Waals surface area contributed by atoms with Crippen molar-refractivity contribution in [3.05, 3.63) is 40.6 Å². The van der Waals surface area contributed by atoms with Crippen LogP contribution in [-0.2, 0) is 12.1 Å². The van der Waals surface area contributed by atoms with E-state index in [1.54, 1.807) is 7.11 Å². The molecule has 1 heterocycles. The topological polar surface area (TPSA) is 39.1 Å². The molecule has 0 unspecified atom stereocenters. The first kappa shape index (κ1) is 14.9. The third-order valence-electron chi connectivity index (χ3n) is 2.97. The number of ether oxygens (including phenoxy) is 1. The molecule has 0 radical (unpaired) electrons. The number of nitrogens with zero attached hydrogens (tertiary/aromatic N) is 2. The molecule has 0 fully saturated rings. The summed E-state index contributed by atoms with van der Waals surface area (Å²) >= 11 is 3.45. The SMILES string of the molecule is COc1cc(NCc2cnn(C(C)(C)C)c2)ccc1Br. The molecule has 5 heteroatoms. The molecule has 0 amide bonds. The van der Waals surface area contributed by atoms with E-state index in [1.165, 1.54) is 0 Å². The number of hydrogen-bond donors (Lipinski definition) is 1. The van der Waals surface area contributed by atoms with Crippen LogP contribution in [0.2, 0.25) is 0 Å². The first-order chi connectivity index (χ1) is 9.40. The molecule has 20 heavy (non-hydrogen) atoms. The van der Waals surface area contributed by atoms with Gasteiger partial charge in [0.05, 0.1) is 23.3 Å². The van der Waals surface area contributed by atoms with E-state index < -0.39 is 0 Å². The quantitative estimate of drug-likeness (QED) is 0.915. The molecule has 0 aliphatic carbocycles. The second-order valence-electron chi connectivity index (χ2n) is 5.67. The maximum absolute atomic E-state index is 5.28. The van der Waals surface area contributed by atoms with Gasteiger partial charge >= 0.3 is 0 Å². The average Bonchev–Trinajstić information content (AvgIpc) is 2.86. The summed E-state index contributed by atoms with van der Waals surface area (Å²) < 4.78 is 8.21. The lowest BCUT2D eigenvalue weighted by molar-refractivity contribution is 0.355. The fourth-order valence-corrected chi connectivity index (χ4v) is 2.20. The molecule has 1 N–H and O–H groups in total. The summed E-state index contributed by atoms with van der Waals surface area (Å²) in [7, 11) is 1.66. The van der Waals surface area contributed by atoms with Crippen LogP contribution in [0, 0.1) is 0 Å². The second-order valence-corrected chi connectivity index (χ2v) is 6.52. The van der Waals surface area contributed by atoms with Gasteiger partial charge in [0.15, 0.2) is 0 Å². The number of methoxy groups -OCH3 is 1. The minimum atomic E-state index is 0.0130. The Balaban J connectivity index is 2.04. The van der Waals surface area contributed by atoms with Crippen molar-refractivity contribution in [3.8, 4) is 5.75 Å². The van der Waals surface area contributed by atoms with Gasteiger partial charge in [0.1, 0.15) is 5.75 Å². The number of anilines is 1. The minimum absolute atomic E-state index is 0.0130. The van der Waals surface area contributed by atoms with Crippen LogP contribution in [-0.4, -0.2) is 16.9 Å². The molecule has 4 nitrogen and oxygen atoms in total. The number of nitrogens with one attached hydrogen (secondary N) is 1. The average molecular weight is 338 g/mol. The summed E-state index contributed by atoms with van der Waals surface area (Å²) in [5.41, 5.74) is 2.19. The van der Waals surface area contributed by atoms with Crippen LogP contribution in [0.4, 0.5) is 5.69 Å². The standard InChI is InChI=1S/C15H20BrN3O/c1-15(2,3)19-10-11(9-18-19)8-17-12-5-6-13(16)14(7-12)20-4/h5-7,9-10,17H,8H2,1-4H3. The van der Waals surface area contributed by atoms with E-state index >= 15 is 0 Å². The number of halogens is 1. The van der Waals surface area contributed by atoms with Gasteiger partial charge in [0, 0.05) is 30.1 Å². The van der Waals surface area contributed by atoms with Gasteiger partial charge in [-0.1, -0.05) is 0 Å². The van der Waals surface area contributed by atoms with Crippen molar-refractivity contribution in [2.75, 3.05) is 12.4 Å². The third kappa shape index (κ3) is 3.54. The van der Waals surface area contributed by atoms with Gasteiger partial charge in [-0.25, -0.2) is 0 Å². The Morgan fingerprint density at radius 1 is 1.35 bits per heavy atom. The van der Waals surface area contributed by atoms with Crippen molar-refractivity contribution in [2.45, 2.75) is 32.9 Å². The summed E-state index contributed by atoms with van der Waals surface area (Å²) in [6.45, 7) is 7.14. The minimum Gasteiger partial charge on any atom is -0.495 e. The van der Waals surface area contributed by atoms with E-state index in [2.05, 4.69) is 53.3 Å². The van der Waals surface area contributed by atoms with Crippen molar-refractivity contribution < 1.29 is 4.74 Å². The molecular formula is C15H20BrN3O. The Labute approximate surface area is 128 Å². The molecule has 1 aromatic heterocycles. The molecule has 0 spiro atoms. The molecule has 108 valence electrons. The van der Waals surface area contributed by atoms with Crippen molar-refractivity contribution in [1.29, 1.82) is 0 Å². The van der Waals surface area contributed by atoms with E-state index in [1.807, 2.05) is 29.1 Å². The largest absolute Gasteiger partial charge is 0.495 e. The van der Waals surface area contributed by atoms with Crippen molar-refractivity contribution in [1.82, 2.24) is 9.78 Å². The lowest BCUT2D eigenvalue weighted by atomic mass is 10.1. The Kier molecular flexibility index (Phi) is 4.38. The first-order valence-electron chi connectivity index (χ1n) is 6.51. The zero-order valence-corrected chi connectivity index (χ0v) is 13.9. The van der Waals surface area contributed by atoms with Gasteiger partial charge in [-0.3, -0.25) is 4.68 Å². The molecule has 0 saturated heterocycles. The van der Waals surface area contributed by atoms with Gasteiger partial charge in [-0.05, 0) is 48.8 Å². The molecule has 2 rings (SSSR count). The highest BCUT2D eigenvalue weighted by Crippen LogP contribution is 2.28. The van der Waals surface area contributed by atoms with Crippen molar-refractivity contribution in [2.24, 2.45) is 0 Å². The van der Waals surface area contributed by atoms with E-state index in [4.69, 9.17) is 4.74 Å². The normalized spacial score (nSPS) is 11.4. The predicted molar refractivity (Wildman–Crippen MR) is 85.2 cm³/mol. The molecule has 0 saturated carbocycles. The van der Waals surface area contributed by atoms with Gasteiger partial charge in [-0.2, -0.15) is 5.10 Å². The Bertz CT molecular complexity index is 587. The van der Waals surface area contributed by atoms with Crippen molar-refractivity contribution >= 4 is 21.6 Å². The monoisotopic (exact) mass is 337 g/mol. The highest BCUT2D eigenvalue weighted by atomic mass is 79.9. The lowest BCUT2D eigenvalue weighted by Crippen LogP contribution is -2.21. The van der Waals surface area contributed by atoms with Gasteiger partial charge in [0.25, 0.3) is 0 Å². The molecule has 0 aliphatic rings. The zero-order valence-electron chi connectivity index (χ0n) is 12.3. The summed E-state index contributed by atoms with van der Waals surface area (Å²) in [5.74, 6) is 0.820. The Hall–Kier alpha value is -1.49. The molecule has 0 atom stereocenters. The second kappa shape index (κ2) is 5.87. The van der Waals surface area contributed by atoms with Crippen LogP contribution in [0.5, 0.6) is 5.75 Å². The van der Waals surface area contributed by atoms with Crippen molar-refractivity contribution in [3.63, 3.8) is 0 Å². The van der Waals surface area contributed by atoms with Crippen LogP contribution in [0.3, 0.4) is 0 Å². The summed E-state index contributed by atoms with van der Waals surface area (Å²) in [4.78, 5) is 0. The van der Waals surface area contributed by atoms with Gasteiger partial charge in [0.2, 0.25) is 0 Å². The summed E-state index contributed by atoms with van der Waals surface area (Å²) in [6, 6.07) is 5.96. The zero-order chi connectivity index (χ0) is 14.8.